The average molecular weight is 212 g/mol. The van der Waals surface area contributed by atoms with E-state index in [4.69, 9.17) is 9.52 Å². The summed E-state index contributed by atoms with van der Waals surface area (Å²) < 4.78 is 30.8. The van der Waals surface area contributed by atoms with Crippen LogP contribution in [0.5, 0.6) is 0 Å². The molecule has 2 aromatic rings. The fourth-order valence-corrected chi connectivity index (χ4v) is 1.45. The van der Waals surface area contributed by atoms with Crippen LogP contribution in [-0.4, -0.2) is 11.1 Å². The van der Waals surface area contributed by atoms with Gasteiger partial charge in [-0.15, -0.1) is 0 Å². The molecule has 1 N–H and O–H groups in total. The van der Waals surface area contributed by atoms with Gasteiger partial charge in [-0.3, -0.25) is 0 Å². The Labute approximate surface area is 82.9 Å². The minimum Gasteiger partial charge on any atom is -0.475 e. The van der Waals surface area contributed by atoms with Gasteiger partial charge in [0.25, 0.3) is 0 Å². The monoisotopic (exact) mass is 212 g/mol. The van der Waals surface area contributed by atoms with Crippen LogP contribution in [-0.2, 0) is 0 Å². The highest BCUT2D eigenvalue weighted by Crippen LogP contribution is 2.28. The molecule has 1 aromatic heterocycles. The highest BCUT2D eigenvalue weighted by molar-refractivity contribution is 5.95. The maximum atomic E-state index is 13.2. The molecule has 0 amide bonds. The van der Waals surface area contributed by atoms with Crippen LogP contribution in [0.3, 0.4) is 0 Å². The Balaban J connectivity index is 2.88. The predicted octanol–water partition coefficient (Wildman–Crippen LogP) is 2.72. The minimum atomic E-state index is -1.30. The van der Waals surface area contributed by atoms with Gasteiger partial charge in [0.05, 0.1) is 0 Å². The number of carbonyl (C=O) groups is 1. The molecule has 2 rings (SSSR count). The second kappa shape index (κ2) is 3.05. The number of benzene rings is 1. The van der Waals surface area contributed by atoms with E-state index in [1.54, 1.807) is 0 Å². The molecule has 0 unspecified atom stereocenters. The van der Waals surface area contributed by atoms with E-state index in [2.05, 4.69) is 0 Å². The summed E-state index contributed by atoms with van der Waals surface area (Å²) in [7, 11) is 0. The average Bonchev–Trinajstić information content (AvgIpc) is 2.44. The van der Waals surface area contributed by atoms with Crippen LogP contribution in [0.1, 0.15) is 16.1 Å². The van der Waals surface area contributed by atoms with Gasteiger partial charge in [0.15, 0.2) is 11.4 Å². The molecule has 0 aliphatic heterocycles. The topological polar surface area (TPSA) is 50.4 Å². The maximum absolute atomic E-state index is 13.2. The number of carboxylic acid groups (broad SMARTS) is 1. The Kier molecular flexibility index (Phi) is 1.96. The maximum Gasteiger partial charge on any atom is 0.372 e. The summed E-state index contributed by atoms with van der Waals surface area (Å²) in [5.74, 6) is -3.33. The van der Waals surface area contributed by atoms with Crippen LogP contribution in [0, 0.1) is 18.6 Å². The van der Waals surface area contributed by atoms with Crippen LogP contribution in [0.2, 0.25) is 0 Å². The lowest BCUT2D eigenvalue weighted by Crippen LogP contribution is -1.95. The van der Waals surface area contributed by atoms with Gasteiger partial charge in [-0.25, -0.2) is 13.6 Å². The Morgan fingerprint density at radius 2 is 2.07 bits per heavy atom. The second-order valence-corrected chi connectivity index (χ2v) is 3.13. The van der Waals surface area contributed by atoms with Gasteiger partial charge in [-0.1, -0.05) is 0 Å². The van der Waals surface area contributed by atoms with Crippen molar-refractivity contribution in [3.8, 4) is 0 Å². The number of fused-ring (bicyclic) bond motifs is 1. The third kappa shape index (κ3) is 1.36. The van der Waals surface area contributed by atoms with Crippen molar-refractivity contribution in [3.05, 3.63) is 35.1 Å². The fraction of sp³-hybridized carbons (Fsp3) is 0.100. The fourth-order valence-electron chi connectivity index (χ4n) is 1.45. The lowest BCUT2D eigenvalue weighted by molar-refractivity contribution is 0.0663. The minimum absolute atomic E-state index is 0.143. The third-order valence-electron chi connectivity index (χ3n) is 2.15. The van der Waals surface area contributed by atoms with E-state index in [1.807, 2.05) is 0 Å². The summed E-state index contributed by atoms with van der Waals surface area (Å²) >= 11 is 0. The van der Waals surface area contributed by atoms with Crippen molar-refractivity contribution in [1.82, 2.24) is 0 Å². The summed E-state index contributed by atoms with van der Waals surface area (Å²) in [6, 6.07) is 1.70. The summed E-state index contributed by atoms with van der Waals surface area (Å²) in [6.07, 6.45) is 0. The van der Waals surface area contributed by atoms with Gasteiger partial charge in [0.1, 0.15) is 5.82 Å². The van der Waals surface area contributed by atoms with Crippen molar-refractivity contribution in [2.24, 2.45) is 0 Å². The number of rotatable bonds is 1. The van der Waals surface area contributed by atoms with Gasteiger partial charge in [0.2, 0.25) is 5.76 Å². The van der Waals surface area contributed by atoms with E-state index in [-0.39, 0.29) is 22.3 Å². The number of carboxylic acids is 1. The normalized spacial score (nSPS) is 10.9. The largest absolute Gasteiger partial charge is 0.475 e. The van der Waals surface area contributed by atoms with Crippen LogP contribution in [0.15, 0.2) is 16.5 Å². The third-order valence-corrected chi connectivity index (χ3v) is 2.15. The van der Waals surface area contributed by atoms with Crippen molar-refractivity contribution in [1.29, 1.82) is 0 Å². The van der Waals surface area contributed by atoms with E-state index in [1.165, 1.54) is 6.92 Å². The van der Waals surface area contributed by atoms with E-state index in [0.717, 1.165) is 6.07 Å². The first-order valence-corrected chi connectivity index (χ1v) is 4.12. The molecule has 0 fully saturated rings. The number of hydrogen-bond acceptors (Lipinski definition) is 2. The number of hydrogen-bond donors (Lipinski definition) is 1. The van der Waals surface area contributed by atoms with Gasteiger partial charge in [0, 0.05) is 17.0 Å². The lowest BCUT2D eigenvalue weighted by atomic mass is 10.1. The molecule has 0 aliphatic rings. The zero-order valence-electron chi connectivity index (χ0n) is 7.67. The second-order valence-electron chi connectivity index (χ2n) is 3.13. The summed E-state index contributed by atoms with van der Waals surface area (Å²) in [5.41, 5.74) is -0.0119. The Hall–Kier alpha value is -1.91. The van der Waals surface area contributed by atoms with Gasteiger partial charge in [-0.2, -0.15) is 0 Å². The Bertz CT molecular complexity index is 557. The smallest absolute Gasteiger partial charge is 0.372 e. The number of aryl methyl sites for hydroxylation is 1. The van der Waals surface area contributed by atoms with Crippen molar-refractivity contribution >= 4 is 16.9 Å². The molecule has 0 saturated heterocycles. The van der Waals surface area contributed by atoms with Crippen molar-refractivity contribution in [2.45, 2.75) is 6.92 Å². The summed E-state index contributed by atoms with van der Waals surface area (Å²) in [6.45, 7) is 1.44. The Morgan fingerprint density at radius 1 is 1.40 bits per heavy atom. The zero-order chi connectivity index (χ0) is 11.2. The molecule has 1 aromatic carbocycles. The van der Waals surface area contributed by atoms with E-state index in [0.29, 0.717) is 6.07 Å². The van der Waals surface area contributed by atoms with Gasteiger partial charge < -0.3 is 9.52 Å². The quantitative estimate of drug-likeness (QED) is 0.790. The highest BCUT2D eigenvalue weighted by atomic mass is 19.1. The molecule has 0 radical (unpaired) electrons. The van der Waals surface area contributed by atoms with Crippen LogP contribution < -0.4 is 0 Å². The van der Waals surface area contributed by atoms with E-state index < -0.39 is 17.6 Å². The van der Waals surface area contributed by atoms with Gasteiger partial charge in [-0.05, 0) is 13.0 Å². The molecular formula is C10H6F2O3. The van der Waals surface area contributed by atoms with Crippen molar-refractivity contribution in [3.63, 3.8) is 0 Å². The molecular weight excluding hydrogens is 206 g/mol. The number of furan rings is 1. The first-order valence-electron chi connectivity index (χ1n) is 4.12. The molecule has 78 valence electrons. The van der Waals surface area contributed by atoms with E-state index in [9.17, 15) is 13.6 Å². The molecule has 5 heteroatoms. The first kappa shape index (κ1) is 9.64. The highest BCUT2D eigenvalue weighted by Gasteiger charge is 2.19. The van der Waals surface area contributed by atoms with Crippen molar-refractivity contribution < 1.29 is 23.1 Å². The standard InChI is InChI=1S/C10H6F2O3/c1-4-6-2-5(11)3-7(12)9(6)15-8(4)10(13)14/h2-3H,1H3,(H,13,14). The van der Waals surface area contributed by atoms with E-state index >= 15 is 0 Å². The molecule has 0 saturated carbocycles. The predicted molar refractivity (Wildman–Crippen MR) is 47.8 cm³/mol. The molecule has 0 bridgehead atoms. The molecule has 0 spiro atoms. The first-order chi connectivity index (χ1) is 7.00. The summed E-state index contributed by atoms with van der Waals surface area (Å²) in [4.78, 5) is 10.7. The number of halogens is 2. The lowest BCUT2D eigenvalue weighted by Gasteiger charge is -1.92. The van der Waals surface area contributed by atoms with Gasteiger partial charge >= 0.3 is 5.97 Å². The molecule has 3 nitrogen and oxygen atoms in total. The van der Waals surface area contributed by atoms with Crippen molar-refractivity contribution in [2.75, 3.05) is 0 Å². The molecule has 0 atom stereocenters. The van der Waals surface area contributed by atoms with Crippen LogP contribution in [0.25, 0.3) is 11.0 Å². The zero-order valence-corrected chi connectivity index (χ0v) is 7.67. The SMILES string of the molecule is Cc1c(C(=O)O)oc2c(F)cc(F)cc12. The number of aromatic carboxylic acids is 1. The molecule has 1 heterocycles. The Morgan fingerprint density at radius 3 is 2.67 bits per heavy atom. The van der Waals surface area contributed by atoms with Crippen LogP contribution >= 0.6 is 0 Å². The summed E-state index contributed by atoms with van der Waals surface area (Å²) in [5, 5.41) is 8.86. The molecule has 0 aliphatic carbocycles. The molecule has 15 heavy (non-hydrogen) atoms. The van der Waals surface area contributed by atoms with Crippen LogP contribution in [0.4, 0.5) is 8.78 Å².